The molecule has 1 aliphatic carbocycles. The van der Waals surface area contributed by atoms with E-state index in [4.69, 9.17) is 10.3 Å². The van der Waals surface area contributed by atoms with Crippen molar-refractivity contribution in [3.63, 3.8) is 0 Å². The zero-order valence-corrected chi connectivity index (χ0v) is 13.4. The van der Waals surface area contributed by atoms with E-state index in [9.17, 15) is 8.42 Å². The summed E-state index contributed by atoms with van der Waals surface area (Å²) in [6.45, 7) is 0. The maximum absolute atomic E-state index is 11.0. The standard InChI is InChI=1S/C16H19N3O3S/c17-15-9-10-16(14-4-2-1-3-13(14)15)19-18-11-5-7-12(8-6-11)23(20,21)22/h5-10,18-19H,1-4,17H2,(H,20,21,22). The maximum atomic E-state index is 11.0. The van der Waals surface area contributed by atoms with Crippen molar-refractivity contribution in [2.75, 3.05) is 16.6 Å². The predicted molar refractivity (Wildman–Crippen MR) is 91.0 cm³/mol. The molecule has 3 rings (SSSR count). The Bertz CT molecular complexity index is 817. The van der Waals surface area contributed by atoms with E-state index in [0.717, 1.165) is 37.1 Å². The van der Waals surface area contributed by atoms with Gasteiger partial charge in [0.2, 0.25) is 0 Å². The molecule has 2 aromatic rings. The second-order valence-electron chi connectivity index (χ2n) is 5.62. The molecule has 0 aromatic heterocycles. The number of benzene rings is 2. The second kappa shape index (κ2) is 6.10. The van der Waals surface area contributed by atoms with Crippen LogP contribution in [0.4, 0.5) is 17.1 Å². The molecule has 23 heavy (non-hydrogen) atoms. The van der Waals surface area contributed by atoms with Crippen molar-refractivity contribution >= 4 is 27.2 Å². The van der Waals surface area contributed by atoms with Crippen molar-refractivity contribution in [1.82, 2.24) is 0 Å². The van der Waals surface area contributed by atoms with Crippen LogP contribution in [0.2, 0.25) is 0 Å². The number of hydrazine groups is 1. The third kappa shape index (κ3) is 3.40. The zero-order valence-electron chi connectivity index (χ0n) is 12.5. The molecule has 0 amide bonds. The van der Waals surface area contributed by atoms with Gasteiger partial charge in [-0.2, -0.15) is 8.42 Å². The molecule has 0 saturated heterocycles. The Hall–Kier alpha value is -2.25. The lowest BCUT2D eigenvalue weighted by molar-refractivity contribution is 0.483. The Morgan fingerprint density at radius 3 is 2.22 bits per heavy atom. The van der Waals surface area contributed by atoms with Crippen molar-refractivity contribution in [3.05, 3.63) is 47.5 Å². The monoisotopic (exact) mass is 333 g/mol. The normalized spacial score (nSPS) is 14.1. The third-order valence-electron chi connectivity index (χ3n) is 4.06. The number of fused-ring (bicyclic) bond motifs is 1. The van der Waals surface area contributed by atoms with Gasteiger partial charge in [-0.15, -0.1) is 0 Å². The first-order valence-electron chi connectivity index (χ1n) is 7.45. The van der Waals surface area contributed by atoms with Gasteiger partial charge in [-0.25, -0.2) is 0 Å². The number of nitrogens with two attached hydrogens (primary N) is 1. The molecular formula is C16H19N3O3S. The fourth-order valence-corrected chi connectivity index (χ4v) is 3.34. The Balaban J connectivity index is 1.76. The van der Waals surface area contributed by atoms with E-state index in [2.05, 4.69) is 10.9 Å². The molecule has 1 aliphatic rings. The highest BCUT2D eigenvalue weighted by Gasteiger charge is 2.15. The number of anilines is 3. The molecule has 7 heteroatoms. The summed E-state index contributed by atoms with van der Waals surface area (Å²) < 4.78 is 31.0. The molecular weight excluding hydrogens is 314 g/mol. The average Bonchev–Trinajstić information content (AvgIpc) is 2.54. The van der Waals surface area contributed by atoms with Crippen molar-refractivity contribution < 1.29 is 13.0 Å². The van der Waals surface area contributed by atoms with E-state index in [-0.39, 0.29) is 4.90 Å². The molecule has 0 bridgehead atoms. The Morgan fingerprint density at radius 2 is 1.57 bits per heavy atom. The van der Waals surface area contributed by atoms with Crippen molar-refractivity contribution in [3.8, 4) is 0 Å². The fourth-order valence-electron chi connectivity index (χ4n) is 2.86. The molecule has 5 N–H and O–H groups in total. The van der Waals surface area contributed by atoms with Gasteiger partial charge in [-0.3, -0.25) is 4.55 Å². The number of nitrogen functional groups attached to an aromatic ring is 1. The van der Waals surface area contributed by atoms with Gasteiger partial charge in [-0.1, -0.05) is 0 Å². The van der Waals surface area contributed by atoms with Crippen molar-refractivity contribution in [1.29, 1.82) is 0 Å². The second-order valence-corrected chi connectivity index (χ2v) is 7.04. The molecule has 0 spiro atoms. The highest BCUT2D eigenvalue weighted by Crippen LogP contribution is 2.32. The van der Waals surface area contributed by atoms with Gasteiger partial charge in [0.25, 0.3) is 10.1 Å². The molecule has 122 valence electrons. The van der Waals surface area contributed by atoms with Gasteiger partial charge in [0.15, 0.2) is 0 Å². The van der Waals surface area contributed by atoms with Gasteiger partial charge in [0, 0.05) is 5.69 Å². The summed E-state index contributed by atoms with van der Waals surface area (Å²) in [4.78, 5) is -0.132. The van der Waals surface area contributed by atoms with Crippen LogP contribution in [0, 0.1) is 0 Å². The molecule has 6 nitrogen and oxygen atoms in total. The number of hydrogen-bond donors (Lipinski definition) is 4. The number of rotatable bonds is 4. The van der Waals surface area contributed by atoms with Gasteiger partial charge in [0.05, 0.1) is 16.3 Å². The van der Waals surface area contributed by atoms with Gasteiger partial charge < -0.3 is 16.6 Å². The van der Waals surface area contributed by atoms with Crippen LogP contribution < -0.4 is 16.6 Å². The Morgan fingerprint density at radius 1 is 0.913 bits per heavy atom. The summed E-state index contributed by atoms with van der Waals surface area (Å²) in [5, 5.41) is 0. The summed E-state index contributed by atoms with van der Waals surface area (Å²) in [5.74, 6) is 0. The number of hydrogen-bond acceptors (Lipinski definition) is 5. The Kier molecular flexibility index (Phi) is 4.14. The average molecular weight is 333 g/mol. The predicted octanol–water partition coefficient (Wildman–Crippen LogP) is 2.83. The van der Waals surface area contributed by atoms with Gasteiger partial charge in [0.1, 0.15) is 0 Å². The lowest BCUT2D eigenvalue weighted by atomic mass is 9.89. The van der Waals surface area contributed by atoms with Crippen LogP contribution in [0.15, 0.2) is 41.3 Å². The van der Waals surface area contributed by atoms with Crippen molar-refractivity contribution in [2.45, 2.75) is 30.6 Å². The fraction of sp³-hybridized carbons (Fsp3) is 0.250. The van der Waals surface area contributed by atoms with Crippen LogP contribution >= 0.6 is 0 Å². The molecule has 0 heterocycles. The minimum Gasteiger partial charge on any atom is -0.398 e. The topological polar surface area (TPSA) is 104 Å². The van der Waals surface area contributed by atoms with E-state index in [1.165, 1.54) is 23.3 Å². The van der Waals surface area contributed by atoms with E-state index >= 15 is 0 Å². The van der Waals surface area contributed by atoms with E-state index in [0.29, 0.717) is 5.69 Å². The summed E-state index contributed by atoms with van der Waals surface area (Å²) in [6.07, 6.45) is 4.30. The summed E-state index contributed by atoms with van der Waals surface area (Å²) in [5.41, 5.74) is 17.2. The lowest BCUT2D eigenvalue weighted by Crippen LogP contribution is -2.14. The highest BCUT2D eigenvalue weighted by molar-refractivity contribution is 7.85. The van der Waals surface area contributed by atoms with Gasteiger partial charge in [-0.05, 0) is 73.2 Å². The minimum atomic E-state index is -4.17. The molecule has 0 fully saturated rings. The van der Waals surface area contributed by atoms with Crippen LogP contribution in [0.3, 0.4) is 0 Å². The highest BCUT2D eigenvalue weighted by atomic mass is 32.2. The van der Waals surface area contributed by atoms with Crippen molar-refractivity contribution in [2.24, 2.45) is 0 Å². The van der Waals surface area contributed by atoms with Crippen LogP contribution in [-0.4, -0.2) is 13.0 Å². The minimum absolute atomic E-state index is 0.132. The van der Waals surface area contributed by atoms with Crippen LogP contribution in [0.25, 0.3) is 0 Å². The first kappa shape index (κ1) is 15.6. The third-order valence-corrected chi connectivity index (χ3v) is 4.93. The first-order chi connectivity index (χ1) is 10.9. The Labute approximate surface area is 135 Å². The SMILES string of the molecule is Nc1ccc(NNc2ccc(S(=O)(=O)O)cc2)c2c1CCCC2. The molecule has 0 atom stereocenters. The summed E-state index contributed by atoms with van der Waals surface area (Å²) in [6, 6.07) is 9.70. The van der Waals surface area contributed by atoms with E-state index in [1.807, 2.05) is 12.1 Å². The molecule has 2 aromatic carbocycles. The summed E-state index contributed by atoms with van der Waals surface area (Å²) in [7, 11) is -4.17. The zero-order chi connectivity index (χ0) is 16.4. The quantitative estimate of drug-likeness (QED) is 0.390. The van der Waals surface area contributed by atoms with Crippen LogP contribution in [-0.2, 0) is 23.0 Å². The summed E-state index contributed by atoms with van der Waals surface area (Å²) >= 11 is 0. The van der Waals surface area contributed by atoms with Crippen LogP contribution in [0.5, 0.6) is 0 Å². The van der Waals surface area contributed by atoms with Gasteiger partial charge >= 0.3 is 0 Å². The number of nitrogens with one attached hydrogen (secondary N) is 2. The molecule has 0 aliphatic heterocycles. The molecule has 0 unspecified atom stereocenters. The largest absolute Gasteiger partial charge is 0.398 e. The lowest BCUT2D eigenvalue weighted by Gasteiger charge is -2.22. The van der Waals surface area contributed by atoms with E-state index < -0.39 is 10.1 Å². The van der Waals surface area contributed by atoms with Crippen LogP contribution in [0.1, 0.15) is 24.0 Å². The van der Waals surface area contributed by atoms with E-state index in [1.54, 1.807) is 12.1 Å². The smallest absolute Gasteiger partial charge is 0.294 e. The first-order valence-corrected chi connectivity index (χ1v) is 8.89. The maximum Gasteiger partial charge on any atom is 0.294 e. The molecule has 0 saturated carbocycles. The molecule has 0 radical (unpaired) electrons.